The fourth-order valence-electron chi connectivity index (χ4n) is 1.58. The zero-order valence-corrected chi connectivity index (χ0v) is 11.9. The molecule has 0 aliphatic heterocycles. The average Bonchev–Trinajstić information content (AvgIpc) is 2.49. The lowest BCUT2D eigenvalue weighted by Gasteiger charge is -2.08. The van der Waals surface area contributed by atoms with Crippen LogP contribution in [-0.2, 0) is 4.74 Å². The van der Waals surface area contributed by atoms with E-state index < -0.39 is 5.97 Å². The van der Waals surface area contributed by atoms with Gasteiger partial charge < -0.3 is 15.2 Å². The number of ether oxygens (including phenoxy) is 2. The van der Waals surface area contributed by atoms with Crippen molar-refractivity contribution in [3.05, 3.63) is 42.1 Å². The number of anilines is 1. The molecule has 0 aliphatic carbocycles. The van der Waals surface area contributed by atoms with E-state index in [0.717, 1.165) is 10.6 Å². The molecule has 0 radical (unpaired) electrons. The molecule has 20 heavy (non-hydrogen) atoms. The molecule has 0 saturated carbocycles. The summed E-state index contributed by atoms with van der Waals surface area (Å²) < 4.78 is 9.78. The zero-order chi connectivity index (χ0) is 14.5. The number of pyridine rings is 1. The summed E-state index contributed by atoms with van der Waals surface area (Å²) in [5.74, 6) is 0.306. The van der Waals surface area contributed by atoms with Crippen LogP contribution in [0.3, 0.4) is 0 Å². The van der Waals surface area contributed by atoms with Crippen molar-refractivity contribution < 1.29 is 14.3 Å². The predicted molar refractivity (Wildman–Crippen MR) is 77.1 cm³/mol. The van der Waals surface area contributed by atoms with Crippen molar-refractivity contribution in [3.63, 3.8) is 0 Å². The minimum Gasteiger partial charge on any atom is -0.497 e. The molecule has 1 aromatic carbocycles. The first-order valence-corrected chi connectivity index (χ1v) is 6.62. The summed E-state index contributed by atoms with van der Waals surface area (Å²) in [5, 5.41) is 0.568. The van der Waals surface area contributed by atoms with Crippen molar-refractivity contribution in [2.45, 2.75) is 9.92 Å². The summed E-state index contributed by atoms with van der Waals surface area (Å²) in [6.45, 7) is 0. The predicted octanol–water partition coefficient (Wildman–Crippen LogP) is 2.61. The van der Waals surface area contributed by atoms with Crippen molar-refractivity contribution in [2.24, 2.45) is 0 Å². The molecule has 0 unspecified atom stereocenters. The first kappa shape index (κ1) is 14.2. The fraction of sp³-hybridized carbons (Fsp3) is 0.143. The molecule has 0 spiro atoms. The van der Waals surface area contributed by atoms with Gasteiger partial charge in [0.05, 0.1) is 25.5 Å². The maximum atomic E-state index is 11.6. The number of nitrogens with zero attached hydrogens (tertiary/aromatic N) is 1. The number of nitrogen functional groups attached to an aromatic ring is 1. The Hall–Kier alpha value is -2.21. The molecule has 1 heterocycles. The van der Waals surface area contributed by atoms with E-state index in [9.17, 15) is 4.79 Å². The Bertz CT molecular complexity index is 614. The van der Waals surface area contributed by atoms with Crippen LogP contribution < -0.4 is 10.5 Å². The van der Waals surface area contributed by atoms with Gasteiger partial charge >= 0.3 is 5.97 Å². The molecular formula is C14H14N2O3S. The molecule has 0 atom stereocenters. The van der Waals surface area contributed by atoms with E-state index in [-0.39, 0.29) is 0 Å². The number of esters is 1. The van der Waals surface area contributed by atoms with Gasteiger partial charge in [0.2, 0.25) is 0 Å². The number of hydrogen-bond acceptors (Lipinski definition) is 6. The van der Waals surface area contributed by atoms with E-state index in [2.05, 4.69) is 9.72 Å². The standard InChI is InChI=1S/C14H14N2O3S/c1-18-9-3-5-10(6-4-9)20-13-12(15)11(7-8-16-13)14(17)19-2/h3-8H,15H2,1-2H3. The third-order valence-corrected chi connectivity index (χ3v) is 3.66. The Labute approximate surface area is 121 Å². The largest absolute Gasteiger partial charge is 0.497 e. The number of hydrogen-bond donors (Lipinski definition) is 1. The third-order valence-electron chi connectivity index (χ3n) is 2.63. The normalized spacial score (nSPS) is 10.1. The summed E-state index contributed by atoms with van der Waals surface area (Å²) in [7, 11) is 2.93. The number of benzene rings is 1. The van der Waals surface area contributed by atoms with Gasteiger partial charge in [0.1, 0.15) is 10.8 Å². The number of nitrogens with two attached hydrogens (primary N) is 1. The first-order valence-electron chi connectivity index (χ1n) is 5.80. The van der Waals surface area contributed by atoms with E-state index >= 15 is 0 Å². The van der Waals surface area contributed by atoms with Gasteiger partial charge in [0.25, 0.3) is 0 Å². The summed E-state index contributed by atoms with van der Waals surface area (Å²) in [4.78, 5) is 16.7. The highest BCUT2D eigenvalue weighted by Gasteiger charge is 2.14. The van der Waals surface area contributed by atoms with Crippen LogP contribution in [0.25, 0.3) is 0 Å². The minimum absolute atomic E-state index is 0.318. The van der Waals surface area contributed by atoms with Crippen LogP contribution in [0.2, 0.25) is 0 Å². The summed E-state index contributed by atoms with van der Waals surface area (Å²) in [6.07, 6.45) is 1.54. The Morgan fingerprint density at radius 1 is 1.20 bits per heavy atom. The van der Waals surface area contributed by atoms with Crippen LogP contribution in [0.5, 0.6) is 5.75 Å². The van der Waals surface area contributed by atoms with E-state index in [1.807, 2.05) is 24.3 Å². The Balaban J connectivity index is 2.26. The second-order valence-electron chi connectivity index (χ2n) is 3.85. The molecule has 1 aromatic heterocycles. The number of methoxy groups -OCH3 is 2. The molecule has 104 valence electrons. The van der Waals surface area contributed by atoms with Gasteiger partial charge in [0.15, 0.2) is 0 Å². The van der Waals surface area contributed by atoms with Crippen LogP contribution in [0.4, 0.5) is 5.69 Å². The average molecular weight is 290 g/mol. The van der Waals surface area contributed by atoms with Crippen molar-refractivity contribution in [3.8, 4) is 5.75 Å². The van der Waals surface area contributed by atoms with Gasteiger partial charge in [-0.25, -0.2) is 9.78 Å². The maximum absolute atomic E-state index is 11.6. The van der Waals surface area contributed by atoms with Crippen LogP contribution in [0.15, 0.2) is 46.5 Å². The van der Waals surface area contributed by atoms with Gasteiger partial charge in [-0.1, -0.05) is 11.8 Å². The first-order chi connectivity index (χ1) is 9.65. The van der Waals surface area contributed by atoms with Crippen molar-refractivity contribution in [1.29, 1.82) is 0 Å². The lowest BCUT2D eigenvalue weighted by atomic mass is 10.2. The van der Waals surface area contributed by atoms with E-state index in [4.69, 9.17) is 10.5 Å². The number of carbonyl (C=O) groups is 1. The monoisotopic (exact) mass is 290 g/mol. The van der Waals surface area contributed by atoms with Crippen molar-refractivity contribution in [1.82, 2.24) is 4.98 Å². The van der Waals surface area contributed by atoms with Crippen molar-refractivity contribution >= 4 is 23.4 Å². The second kappa shape index (κ2) is 6.29. The van der Waals surface area contributed by atoms with Gasteiger partial charge in [-0.2, -0.15) is 0 Å². The lowest BCUT2D eigenvalue weighted by Crippen LogP contribution is -2.07. The molecule has 0 saturated heterocycles. The van der Waals surface area contributed by atoms with E-state index in [1.54, 1.807) is 13.2 Å². The van der Waals surface area contributed by atoms with Crippen LogP contribution in [0.1, 0.15) is 10.4 Å². The smallest absolute Gasteiger partial charge is 0.340 e. The molecule has 5 nitrogen and oxygen atoms in total. The molecule has 0 amide bonds. The highest BCUT2D eigenvalue weighted by atomic mass is 32.2. The Morgan fingerprint density at radius 3 is 2.50 bits per heavy atom. The van der Waals surface area contributed by atoms with E-state index in [1.165, 1.54) is 25.1 Å². The molecule has 0 fully saturated rings. The number of carbonyl (C=O) groups excluding carboxylic acids is 1. The highest BCUT2D eigenvalue weighted by molar-refractivity contribution is 7.99. The topological polar surface area (TPSA) is 74.4 Å². The van der Waals surface area contributed by atoms with Gasteiger partial charge in [-0.05, 0) is 30.3 Å². The number of aromatic nitrogens is 1. The molecule has 0 bridgehead atoms. The second-order valence-corrected chi connectivity index (χ2v) is 4.91. The summed E-state index contributed by atoms with van der Waals surface area (Å²) >= 11 is 1.38. The van der Waals surface area contributed by atoms with Gasteiger partial charge in [-0.15, -0.1) is 0 Å². The van der Waals surface area contributed by atoms with Crippen LogP contribution in [-0.4, -0.2) is 25.2 Å². The SMILES string of the molecule is COC(=O)c1ccnc(Sc2ccc(OC)cc2)c1N. The highest BCUT2D eigenvalue weighted by Crippen LogP contribution is 2.32. The van der Waals surface area contributed by atoms with Gasteiger partial charge in [0, 0.05) is 11.1 Å². The zero-order valence-electron chi connectivity index (χ0n) is 11.1. The molecule has 2 N–H and O–H groups in total. The lowest BCUT2D eigenvalue weighted by molar-refractivity contribution is 0.0601. The van der Waals surface area contributed by atoms with Crippen molar-refractivity contribution in [2.75, 3.05) is 20.0 Å². The summed E-state index contributed by atoms with van der Waals surface area (Å²) in [5.41, 5.74) is 6.59. The Kier molecular flexibility index (Phi) is 4.47. The third kappa shape index (κ3) is 3.03. The summed E-state index contributed by atoms with van der Waals surface area (Å²) in [6, 6.07) is 9.04. The molecule has 6 heteroatoms. The molecule has 2 aromatic rings. The minimum atomic E-state index is -0.471. The van der Waals surface area contributed by atoms with Crippen LogP contribution in [0, 0.1) is 0 Å². The van der Waals surface area contributed by atoms with E-state index in [0.29, 0.717) is 16.3 Å². The Morgan fingerprint density at radius 2 is 1.90 bits per heavy atom. The molecular weight excluding hydrogens is 276 g/mol. The van der Waals surface area contributed by atoms with Gasteiger partial charge in [-0.3, -0.25) is 0 Å². The maximum Gasteiger partial charge on any atom is 0.340 e. The molecule has 2 rings (SSSR count). The number of rotatable bonds is 4. The fourth-order valence-corrected chi connectivity index (χ4v) is 2.41. The van der Waals surface area contributed by atoms with Crippen LogP contribution >= 0.6 is 11.8 Å². The molecule has 0 aliphatic rings. The quantitative estimate of drug-likeness (QED) is 0.872.